The lowest BCUT2D eigenvalue weighted by Gasteiger charge is -1.92. The molecule has 1 N–H and O–H groups in total. The summed E-state index contributed by atoms with van der Waals surface area (Å²) in [5.74, 6) is 0. The summed E-state index contributed by atoms with van der Waals surface area (Å²) < 4.78 is 0. The minimum atomic E-state index is -0.400. The molecule has 1 nitrogen and oxygen atoms in total. The van der Waals surface area contributed by atoms with E-state index >= 15 is 0 Å². The summed E-state index contributed by atoms with van der Waals surface area (Å²) in [6, 6.07) is 0. The highest BCUT2D eigenvalue weighted by Crippen LogP contribution is 1.62. The Labute approximate surface area is 42.4 Å². The molecule has 0 fully saturated rings. The van der Waals surface area contributed by atoms with Gasteiger partial charge in [-0.15, -0.1) is 0 Å². The van der Waals surface area contributed by atoms with Crippen LogP contribution in [-0.2, 0) is 0 Å². The van der Waals surface area contributed by atoms with Crippen molar-refractivity contribution in [3.05, 3.63) is 0 Å². The Bertz CT molecular complexity index is 21.5. The highest BCUT2D eigenvalue weighted by Gasteiger charge is 1.80. The van der Waals surface area contributed by atoms with Crippen LogP contribution in [0.4, 0.5) is 0 Å². The van der Waals surface area contributed by atoms with Gasteiger partial charge in [0.15, 0.2) is 0 Å². The van der Waals surface area contributed by atoms with E-state index in [0.717, 1.165) is 0 Å². The van der Waals surface area contributed by atoms with Crippen molar-refractivity contribution in [3.63, 3.8) is 0 Å². The predicted octanol–water partition coefficient (Wildman–Crippen LogP) is 0.825. The van der Waals surface area contributed by atoms with Gasteiger partial charge in [0.25, 0.3) is 0 Å². The first-order chi connectivity index (χ1) is 2.27. The molecule has 0 rings (SSSR count). The van der Waals surface area contributed by atoms with Crippen molar-refractivity contribution in [2.75, 3.05) is 7.05 Å². The first-order valence-electron chi connectivity index (χ1n) is 1.94. The standard InChI is InChI=1S/C3H11NSi.CH4/c1-4-5(2)3;/h4-5H,1-3H3;1H4. The van der Waals surface area contributed by atoms with Crippen LogP contribution in [0.2, 0.25) is 13.1 Å². The first-order valence-corrected chi connectivity index (χ1v) is 4.83. The molecule has 2 heteroatoms. The van der Waals surface area contributed by atoms with Gasteiger partial charge in [-0.1, -0.05) is 20.5 Å². The fraction of sp³-hybridized carbons (Fsp3) is 1.00. The summed E-state index contributed by atoms with van der Waals surface area (Å²) >= 11 is 0. The van der Waals surface area contributed by atoms with Gasteiger partial charge in [-0.05, 0) is 7.05 Å². The summed E-state index contributed by atoms with van der Waals surface area (Å²) in [6.07, 6.45) is 0. The molecule has 0 radical (unpaired) electrons. The maximum Gasteiger partial charge on any atom is 0.102 e. The summed E-state index contributed by atoms with van der Waals surface area (Å²) in [5, 5.41) is 0. The molecule has 0 spiro atoms. The lowest BCUT2D eigenvalue weighted by Crippen LogP contribution is -2.21. The molecule has 0 aromatic rings. The molecule has 0 unspecified atom stereocenters. The van der Waals surface area contributed by atoms with Gasteiger partial charge in [0.05, 0.1) is 0 Å². The van der Waals surface area contributed by atoms with Crippen molar-refractivity contribution in [3.8, 4) is 0 Å². The summed E-state index contributed by atoms with van der Waals surface area (Å²) in [5.41, 5.74) is 0. The molecule has 0 amide bonds. The van der Waals surface area contributed by atoms with Crippen molar-refractivity contribution in [2.24, 2.45) is 0 Å². The van der Waals surface area contributed by atoms with E-state index < -0.39 is 8.96 Å². The molecule has 0 heterocycles. The SMILES string of the molecule is C.CN[SiH](C)C. The van der Waals surface area contributed by atoms with Crippen LogP contribution in [0.3, 0.4) is 0 Å². The normalized spacial score (nSPS) is 8.00. The Morgan fingerprint density at radius 2 is 1.50 bits per heavy atom. The zero-order valence-electron chi connectivity index (χ0n) is 4.08. The van der Waals surface area contributed by atoms with E-state index in [0.29, 0.717) is 0 Å². The molecule has 6 heavy (non-hydrogen) atoms. The van der Waals surface area contributed by atoms with Gasteiger partial charge in [-0.3, -0.25) is 0 Å². The van der Waals surface area contributed by atoms with E-state index in [1.165, 1.54) is 0 Å². The average molecular weight is 105 g/mol. The highest BCUT2D eigenvalue weighted by molar-refractivity contribution is 6.52. The smallest absolute Gasteiger partial charge is 0.102 e. The summed E-state index contributed by atoms with van der Waals surface area (Å²) in [4.78, 5) is 3.17. The Hall–Kier alpha value is 0.177. The second-order valence-electron chi connectivity index (χ2n) is 1.44. The van der Waals surface area contributed by atoms with Crippen LogP contribution in [0, 0.1) is 0 Å². The maximum absolute atomic E-state index is 3.17. The zero-order chi connectivity index (χ0) is 4.28. The second kappa shape index (κ2) is 5.18. The molecular formula is C4H15NSi. The quantitative estimate of drug-likeness (QED) is 0.487. The van der Waals surface area contributed by atoms with E-state index in [4.69, 9.17) is 0 Å². The Kier molecular flexibility index (Phi) is 8.19. The van der Waals surface area contributed by atoms with Gasteiger partial charge in [0, 0.05) is 0 Å². The third kappa shape index (κ3) is 8.90. The van der Waals surface area contributed by atoms with Crippen LogP contribution in [0.1, 0.15) is 7.43 Å². The third-order valence-corrected chi connectivity index (χ3v) is 1.73. The van der Waals surface area contributed by atoms with Crippen LogP contribution >= 0.6 is 0 Å². The van der Waals surface area contributed by atoms with Crippen molar-refractivity contribution in [1.29, 1.82) is 0 Å². The molecule has 0 aliphatic carbocycles. The van der Waals surface area contributed by atoms with Crippen molar-refractivity contribution in [2.45, 2.75) is 20.5 Å². The van der Waals surface area contributed by atoms with E-state index in [1.54, 1.807) is 0 Å². The Balaban J connectivity index is 0. The van der Waals surface area contributed by atoms with Gasteiger partial charge in [0.2, 0.25) is 0 Å². The zero-order valence-corrected chi connectivity index (χ0v) is 5.23. The second-order valence-corrected chi connectivity index (χ2v) is 4.33. The molecular weight excluding hydrogens is 90.1 g/mol. The van der Waals surface area contributed by atoms with E-state index in [9.17, 15) is 0 Å². The van der Waals surface area contributed by atoms with E-state index in [1.807, 2.05) is 7.05 Å². The number of rotatable bonds is 1. The molecule has 0 saturated carbocycles. The van der Waals surface area contributed by atoms with Gasteiger partial charge in [0.1, 0.15) is 8.96 Å². The molecule has 0 saturated heterocycles. The fourth-order valence-electron chi connectivity index (χ4n) is 0. The van der Waals surface area contributed by atoms with Crippen LogP contribution in [0.15, 0.2) is 0 Å². The number of hydrogen-bond acceptors (Lipinski definition) is 1. The minimum absolute atomic E-state index is 0. The summed E-state index contributed by atoms with van der Waals surface area (Å²) in [7, 11) is 1.61. The molecule has 0 aliphatic rings. The fourth-order valence-corrected chi connectivity index (χ4v) is 0. The minimum Gasteiger partial charge on any atom is -0.343 e. The van der Waals surface area contributed by atoms with Crippen LogP contribution < -0.4 is 4.98 Å². The largest absolute Gasteiger partial charge is 0.343 e. The van der Waals surface area contributed by atoms with Crippen LogP contribution in [-0.4, -0.2) is 16.0 Å². The van der Waals surface area contributed by atoms with Gasteiger partial charge in [-0.25, -0.2) is 0 Å². The van der Waals surface area contributed by atoms with Crippen molar-refractivity contribution >= 4 is 8.96 Å². The van der Waals surface area contributed by atoms with E-state index in [2.05, 4.69) is 18.1 Å². The number of nitrogens with one attached hydrogen (secondary N) is 1. The lowest BCUT2D eigenvalue weighted by atomic mass is 11.6. The third-order valence-electron chi connectivity index (χ3n) is 0.577. The van der Waals surface area contributed by atoms with Crippen LogP contribution in [0.25, 0.3) is 0 Å². The molecule has 0 aromatic heterocycles. The molecule has 0 aliphatic heterocycles. The maximum atomic E-state index is 3.17. The molecule has 0 aromatic carbocycles. The number of hydrogen-bond donors (Lipinski definition) is 1. The topological polar surface area (TPSA) is 12.0 Å². The average Bonchev–Trinajstić information content (AvgIpc) is 1.38. The van der Waals surface area contributed by atoms with Gasteiger partial charge < -0.3 is 4.98 Å². The monoisotopic (exact) mass is 105 g/mol. The van der Waals surface area contributed by atoms with Crippen molar-refractivity contribution in [1.82, 2.24) is 4.98 Å². The lowest BCUT2D eigenvalue weighted by molar-refractivity contribution is 1.21. The highest BCUT2D eigenvalue weighted by atomic mass is 28.3. The molecule has 0 atom stereocenters. The summed E-state index contributed by atoms with van der Waals surface area (Å²) in [6.45, 7) is 4.50. The van der Waals surface area contributed by atoms with Crippen LogP contribution in [0.5, 0.6) is 0 Å². The molecule has 40 valence electrons. The van der Waals surface area contributed by atoms with Crippen molar-refractivity contribution < 1.29 is 0 Å². The predicted molar refractivity (Wildman–Crippen MR) is 34.7 cm³/mol. The van der Waals surface area contributed by atoms with E-state index in [-0.39, 0.29) is 7.43 Å². The van der Waals surface area contributed by atoms with Gasteiger partial charge in [-0.2, -0.15) is 0 Å². The first kappa shape index (κ1) is 9.49. The molecule has 0 bridgehead atoms. The Morgan fingerprint density at radius 1 is 1.33 bits per heavy atom. The van der Waals surface area contributed by atoms with Gasteiger partial charge >= 0.3 is 0 Å². The Morgan fingerprint density at radius 3 is 1.50 bits per heavy atom.